The molecule has 3 aromatic rings. The first-order chi connectivity index (χ1) is 18.6. The predicted octanol–water partition coefficient (Wildman–Crippen LogP) is 6.91. The molecule has 7 heteroatoms. The second kappa shape index (κ2) is 10.2. The molecule has 0 saturated carbocycles. The molecule has 39 heavy (non-hydrogen) atoms. The maximum atomic E-state index is 16.0. The lowest BCUT2D eigenvalue weighted by Crippen LogP contribution is -2.41. The highest BCUT2D eigenvalue weighted by molar-refractivity contribution is 6.07. The number of allylic oxidation sites excluding steroid dienone is 1. The fourth-order valence-electron chi connectivity index (χ4n) is 5.42. The van der Waals surface area contributed by atoms with Crippen LogP contribution < -0.4 is 15.0 Å². The number of rotatable bonds is 5. The third kappa shape index (κ3) is 5.13. The number of nitrogens with zero attached hydrogens (tertiary/aromatic N) is 1. The first-order valence-corrected chi connectivity index (χ1v) is 13.2. The molecule has 3 aromatic carbocycles. The molecule has 0 aromatic heterocycles. The van der Waals surface area contributed by atoms with Gasteiger partial charge in [-0.1, -0.05) is 64.1 Å². The zero-order valence-electron chi connectivity index (χ0n) is 22.6. The van der Waals surface area contributed by atoms with Crippen molar-refractivity contribution in [2.75, 3.05) is 10.2 Å². The number of benzene rings is 3. The van der Waals surface area contributed by atoms with Crippen LogP contribution in [0.25, 0.3) is 0 Å². The second-order valence-electron chi connectivity index (χ2n) is 11.4. The van der Waals surface area contributed by atoms with Gasteiger partial charge in [-0.05, 0) is 41.7 Å². The molecule has 5 rings (SSSR count). The van der Waals surface area contributed by atoms with Crippen molar-refractivity contribution in [3.05, 3.63) is 94.9 Å². The standard InChI is InChI=1S/C32H33FN2O4/c1-19(2)31(38)35-25-11-8-12-26(36)29(25)34-24-16-32(3,4)17-27(37)28(24)30(35)22-14-13-21(15-23(22)33)39-18-20-9-6-5-7-10-20/h5-15,19,30,34,36H,16-18H2,1-4H3. The number of para-hydroxylation sites is 1. The van der Waals surface area contributed by atoms with E-state index in [0.29, 0.717) is 34.8 Å². The van der Waals surface area contributed by atoms with E-state index in [0.717, 1.165) is 5.56 Å². The van der Waals surface area contributed by atoms with Gasteiger partial charge < -0.3 is 15.2 Å². The molecule has 0 saturated heterocycles. The third-order valence-corrected chi connectivity index (χ3v) is 7.25. The first-order valence-electron chi connectivity index (χ1n) is 13.2. The summed E-state index contributed by atoms with van der Waals surface area (Å²) in [5, 5.41) is 14.1. The fraction of sp³-hybridized carbons (Fsp3) is 0.312. The number of carbonyl (C=O) groups is 2. The number of hydrogen-bond acceptors (Lipinski definition) is 5. The Balaban J connectivity index is 1.66. The van der Waals surface area contributed by atoms with Gasteiger partial charge in [-0.15, -0.1) is 0 Å². The van der Waals surface area contributed by atoms with E-state index in [1.54, 1.807) is 38.1 Å². The minimum atomic E-state index is -1.02. The number of fused-ring (bicyclic) bond motifs is 1. The molecule has 0 fully saturated rings. The SMILES string of the molecule is CC(C)C(=O)N1c2cccc(O)c2NC2=C(C(=O)CC(C)(C)C2)C1c1ccc(OCc2ccccc2)cc1F. The summed E-state index contributed by atoms with van der Waals surface area (Å²) in [5.74, 6) is -1.18. The number of halogens is 1. The fourth-order valence-corrected chi connectivity index (χ4v) is 5.42. The van der Waals surface area contributed by atoms with E-state index in [4.69, 9.17) is 4.74 Å². The van der Waals surface area contributed by atoms with Gasteiger partial charge in [0.15, 0.2) is 5.78 Å². The zero-order chi connectivity index (χ0) is 27.9. The number of aromatic hydroxyl groups is 1. The van der Waals surface area contributed by atoms with E-state index in [2.05, 4.69) is 5.32 Å². The molecule has 1 amide bonds. The minimum Gasteiger partial charge on any atom is -0.506 e. The minimum absolute atomic E-state index is 0.0532. The molecule has 0 spiro atoms. The number of Topliss-reactive ketones (excluding diaryl/α,β-unsaturated/α-hetero) is 1. The van der Waals surface area contributed by atoms with Crippen molar-refractivity contribution in [3.63, 3.8) is 0 Å². The average Bonchev–Trinajstić information content (AvgIpc) is 3.02. The molecular formula is C32H33FN2O4. The smallest absolute Gasteiger partial charge is 0.230 e. The summed E-state index contributed by atoms with van der Waals surface area (Å²) in [5.41, 5.74) is 2.45. The molecular weight excluding hydrogens is 495 g/mol. The van der Waals surface area contributed by atoms with Crippen molar-refractivity contribution in [1.82, 2.24) is 0 Å². The highest BCUT2D eigenvalue weighted by Gasteiger charge is 2.44. The maximum Gasteiger partial charge on any atom is 0.230 e. The number of phenolic OH excluding ortho intramolecular Hbond substituents is 1. The van der Waals surface area contributed by atoms with Crippen molar-refractivity contribution in [3.8, 4) is 11.5 Å². The number of anilines is 2. The Morgan fingerprint density at radius 1 is 1.10 bits per heavy atom. The molecule has 202 valence electrons. The topological polar surface area (TPSA) is 78.9 Å². The van der Waals surface area contributed by atoms with Gasteiger partial charge in [-0.2, -0.15) is 0 Å². The molecule has 1 aliphatic heterocycles. The van der Waals surface area contributed by atoms with Gasteiger partial charge in [-0.3, -0.25) is 14.5 Å². The normalized spacial score (nSPS) is 18.3. The van der Waals surface area contributed by atoms with Crippen molar-refractivity contribution < 1.29 is 23.8 Å². The van der Waals surface area contributed by atoms with Crippen molar-refractivity contribution in [2.45, 2.75) is 53.2 Å². The van der Waals surface area contributed by atoms with Crippen LogP contribution in [0.3, 0.4) is 0 Å². The number of ketones is 1. The largest absolute Gasteiger partial charge is 0.506 e. The lowest BCUT2D eigenvalue weighted by atomic mass is 9.73. The van der Waals surface area contributed by atoms with Crippen molar-refractivity contribution >= 4 is 23.1 Å². The Bertz CT molecular complexity index is 1460. The molecule has 0 radical (unpaired) electrons. The Morgan fingerprint density at radius 3 is 2.54 bits per heavy atom. The highest BCUT2D eigenvalue weighted by atomic mass is 19.1. The number of ether oxygens (including phenoxy) is 1. The van der Waals surface area contributed by atoms with E-state index in [1.807, 2.05) is 44.2 Å². The molecule has 1 heterocycles. The number of amides is 1. The molecule has 1 unspecified atom stereocenters. The quantitative estimate of drug-likeness (QED) is 0.352. The Labute approximate surface area is 228 Å². The number of phenols is 1. The van der Waals surface area contributed by atoms with E-state index in [9.17, 15) is 14.7 Å². The van der Waals surface area contributed by atoms with Crippen LogP contribution in [0.5, 0.6) is 11.5 Å². The van der Waals surface area contributed by atoms with E-state index in [1.165, 1.54) is 17.0 Å². The van der Waals surface area contributed by atoms with E-state index < -0.39 is 17.8 Å². The lowest BCUT2D eigenvalue weighted by Gasteiger charge is -2.37. The van der Waals surface area contributed by atoms with Gasteiger partial charge in [0.2, 0.25) is 5.91 Å². The van der Waals surface area contributed by atoms with Crippen LogP contribution in [0.15, 0.2) is 78.0 Å². The summed E-state index contributed by atoms with van der Waals surface area (Å²) < 4.78 is 21.8. The Kier molecular flexibility index (Phi) is 6.93. The van der Waals surface area contributed by atoms with Gasteiger partial charge in [0.25, 0.3) is 0 Å². The zero-order valence-corrected chi connectivity index (χ0v) is 22.6. The predicted molar refractivity (Wildman–Crippen MR) is 149 cm³/mol. The molecule has 0 bridgehead atoms. The number of carbonyl (C=O) groups excluding carboxylic acids is 2. The molecule has 6 nitrogen and oxygen atoms in total. The van der Waals surface area contributed by atoms with Crippen LogP contribution >= 0.6 is 0 Å². The Hall–Kier alpha value is -4.13. The summed E-state index contributed by atoms with van der Waals surface area (Å²) in [6.07, 6.45) is 0.762. The van der Waals surface area contributed by atoms with Crippen LogP contribution in [0, 0.1) is 17.2 Å². The average molecular weight is 529 g/mol. The van der Waals surface area contributed by atoms with Crippen LogP contribution in [0.2, 0.25) is 0 Å². The second-order valence-corrected chi connectivity index (χ2v) is 11.4. The van der Waals surface area contributed by atoms with Crippen LogP contribution in [0.4, 0.5) is 15.8 Å². The van der Waals surface area contributed by atoms with Gasteiger partial charge in [0.1, 0.15) is 29.6 Å². The first kappa shape index (κ1) is 26.5. The van der Waals surface area contributed by atoms with Crippen LogP contribution in [-0.4, -0.2) is 16.8 Å². The van der Waals surface area contributed by atoms with Crippen molar-refractivity contribution in [2.24, 2.45) is 11.3 Å². The number of nitrogens with one attached hydrogen (secondary N) is 1. The highest BCUT2D eigenvalue weighted by Crippen LogP contribution is 2.51. The Morgan fingerprint density at radius 2 is 1.85 bits per heavy atom. The van der Waals surface area contributed by atoms with Gasteiger partial charge >= 0.3 is 0 Å². The van der Waals surface area contributed by atoms with E-state index in [-0.39, 0.29) is 41.4 Å². The molecule has 1 aliphatic carbocycles. The molecule has 2 aliphatic rings. The summed E-state index contributed by atoms with van der Waals surface area (Å²) >= 11 is 0. The van der Waals surface area contributed by atoms with Gasteiger partial charge in [-0.25, -0.2) is 4.39 Å². The molecule has 1 atom stereocenters. The van der Waals surface area contributed by atoms with Gasteiger partial charge in [0.05, 0.1) is 11.7 Å². The van der Waals surface area contributed by atoms with Crippen LogP contribution in [-0.2, 0) is 16.2 Å². The third-order valence-electron chi connectivity index (χ3n) is 7.25. The van der Waals surface area contributed by atoms with E-state index >= 15 is 4.39 Å². The number of hydrogen-bond donors (Lipinski definition) is 2. The molecule has 2 N–H and O–H groups in total. The lowest BCUT2D eigenvalue weighted by molar-refractivity contribution is -0.122. The summed E-state index contributed by atoms with van der Waals surface area (Å²) in [4.78, 5) is 29.0. The monoisotopic (exact) mass is 528 g/mol. The summed E-state index contributed by atoms with van der Waals surface area (Å²) in [6, 6.07) is 18.0. The maximum absolute atomic E-state index is 16.0. The van der Waals surface area contributed by atoms with Crippen LogP contribution in [0.1, 0.15) is 57.7 Å². The van der Waals surface area contributed by atoms with Gasteiger partial charge in [0, 0.05) is 35.2 Å². The van der Waals surface area contributed by atoms with Crippen molar-refractivity contribution in [1.29, 1.82) is 0 Å². The summed E-state index contributed by atoms with van der Waals surface area (Å²) in [7, 11) is 0. The summed E-state index contributed by atoms with van der Waals surface area (Å²) in [6.45, 7) is 7.80.